The molecule has 1 heterocycles. The summed E-state index contributed by atoms with van der Waals surface area (Å²) in [6.07, 6.45) is 0. The molecule has 0 aliphatic carbocycles. The first-order chi connectivity index (χ1) is 9.15. The van der Waals surface area contributed by atoms with Crippen molar-refractivity contribution < 1.29 is 9.15 Å². The fourth-order valence-corrected chi connectivity index (χ4v) is 2.46. The maximum atomic E-state index is 6.17. The van der Waals surface area contributed by atoms with Crippen LogP contribution < -0.4 is 5.32 Å². The van der Waals surface area contributed by atoms with E-state index >= 15 is 0 Å². The molecule has 0 bridgehead atoms. The van der Waals surface area contributed by atoms with Gasteiger partial charge in [-0.15, -0.1) is 0 Å². The van der Waals surface area contributed by atoms with Crippen molar-refractivity contribution in [3.05, 3.63) is 56.0 Å². The van der Waals surface area contributed by atoms with Crippen LogP contribution in [0.2, 0.25) is 5.02 Å². The van der Waals surface area contributed by atoms with Crippen molar-refractivity contribution in [2.45, 2.75) is 12.6 Å². The number of methoxy groups -OCH3 is 1. The number of hydrogen-bond donors (Lipinski definition) is 1. The van der Waals surface area contributed by atoms with Gasteiger partial charge in [-0.25, -0.2) is 0 Å². The molecule has 0 saturated carbocycles. The van der Waals surface area contributed by atoms with Crippen molar-refractivity contribution in [1.29, 1.82) is 0 Å². The molecule has 3 nitrogen and oxygen atoms in total. The van der Waals surface area contributed by atoms with Gasteiger partial charge in [-0.2, -0.15) is 0 Å². The standard InChI is InChI=1S/C14H15ClINO2/c1-17-14(9-3-5-12(16)11(15)7-9)13-6-4-10(19-13)8-18-2/h3-7,14,17H,8H2,1-2H3. The van der Waals surface area contributed by atoms with Gasteiger partial charge in [-0.1, -0.05) is 17.7 Å². The number of halogens is 2. The number of furan rings is 1. The van der Waals surface area contributed by atoms with Gasteiger partial charge < -0.3 is 14.5 Å². The molecule has 0 fully saturated rings. The summed E-state index contributed by atoms with van der Waals surface area (Å²) in [5.41, 5.74) is 1.08. The first-order valence-electron chi connectivity index (χ1n) is 5.85. The highest BCUT2D eigenvalue weighted by atomic mass is 127. The molecule has 5 heteroatoms. The summed E-state index contributed by atoms with van der Waals surface area (Å²) in [4.78, 5) is 0. The van der Waals surface area contributed by atoms with Gasteiger partial charge in [0.2, 0.25) is 0 Å². The minimum absolute atomic E-state index is 0.0138. The van der Waals surface area contributed by atoms with E-state index in [2.05, 4.69) is 27.9 Å². The Morgan fingerprint density at radius 2 is 2.16 bits per heavy atom. The Morgan fingerprint density at radius 1 is 1.37 bits per heavy atom. The lowest BCUT2D eigenvalue weighted by Gasteiger charge is -2.15. The summed E-state index contributed by atoms with van der Waals surface area (Å²) >= 11 is 8.39. The van der Waals surface area contributed by atoms with Crippen molar-refractivity contribution in [2.75, 3.05) is 14.2 Å². The number of hydrogen-bond acceptors (Lipinski definition) is 3. The second-order valence-corrected chi connectivity index (χ2v) is 5.70. The average Bonchev–Trinajstić information content (AvgIpc) is 2.83. The Hall–Kier alpha value is -0.560. The summed E-state index contributed by atoms with van der Waals surface area (Å²) in [7, 11) is 3.55. The van der Waals surface area contributed by atoms with Gasteiger partial charge >= 0.3 is 0 Å². The fourth-order valence-electron chi connectivity index (χ4n) is 1.93. The molecular weight excluding hydrogens is 377 g/mol. The molecule has 0 aliphatic rings. The zero-order chi connectivity index (χ0) is 13.8. The smallest absolute Gasteiger partial charge is 0.129 e. The topological polar surface area (TPSA) is 34.4 Å². The molecule has 0 radical (unpaired) electrons. The van der Waals surface area contributed by atoms with Gasteiger partial charge in [0.1, 0.15) is 18.1 Å². The average molecular weight is 392 g/mol. The Balaban J connectivity index is 2.29. The zero-order valence-corrected chi connectivity index (χ0v) is 13.7. The fraction of sp³-hybridized carbons (Fsp3) is 0.286. The SMILES string of the molecule is CNC(c1ccc(I)c(Cl)c1)c1ccc(COC)o1. The summed E-state index contributed by atoms with van der Waals surface area (Å²) in [6.45, 7) is 0.476. The van der Waals surface area contributed by atoms with Gasteiger partial charge in [-0.05, 0) is 59.5 Å². The van der Waals surface area contributed by atoms with Gasteiger partial charge in [0.05, 0.1) is 11.1 Å². The summed E-state index contributed by atoms with van der Waals surface area (Å²) in [5, 5.41) is 3.99. The van der Waals surface area contributed by atoms with Crippen LogP contribution in [-0.4, -0.2) is 14.2 Å². The Morgan fingerprint density at radius 3 is 2.79 bits per heavy atom. The Labute approximate surface area is 131 Å². The Bertz CT molecular complexity index is 556. The van der Waals surface area contributed by atoms with E-state index in [-0.39, 0.29) is 6.04 Å². The van der Waals surface area contributed by atoms with E-state index in [1.54, 1.807) is 7.11 Å². The van der Waals surface area contributed by atoms with Gasteiger partial charge in [0.15, 0.2) is 0 Å². The van der Waals surface area contributed by atoms with Crippen molar-refractivity contribution in [1.82, 2.24) is 5.32 Å². The van der Waals surface area contributed by atoms with Crippen LogP contribution in [0.4, 0.5) is 0 Å². The van der Waals surface area contributed by atoms with Crippen molar-refractivity contribution in [3.63, 3.8) is 0 Å². The molecule has 1 atom stereocenters. The molecule has 0 spiro atoms. The third kappa shape index (κ3) is 3.51. The highest BCUT2D eigenvalue weighted by Crippen LogP contribution is 2.28. The van der Waals surface area contributed by atoms with Crippen LogP contribution >= 0.6 is 34.2 Å². The van der Waals surface area contributed by atoms with Gasteiger partial charge in [-0.3, -0.25) is 0 Å². The molecule has 2 aromatic rings. The van der Waals surface area contributed by atoms with Crippen LogP contribution in [0.5, 0.6) is 0 Å². The van der Waals surface area contributed by atoms with Gasteiger partial charge in [0, 0.05) is 10.7 Å². The highest BCUT2D eigenvalue weighted by molar-refractivity contribution is 14.1. The first kappa shape index (κ1) is 14.8. The maximum Gasteiger partial charge on any atom is 0.129 e. The van der Waals surface area contributed by atoms with E-state index in [1.807, 2.05) is 37.4 Å². The van der Waals surface area contributed by atoms with Crippen LogP contribution in [-0.2, 0) is 11.3 Å². The third-order valence-corrected chi connectivity index (χ3v) is 4.39. The molecule has 1 unspecified atom stereocenters. The Kier molecular flexibility index (Phi) is 5.27. The number of rotatable bonds is 5. The highest BCUT2D eigenvalue weighted by Gasteiger charge is 2.17. The summed E-state index contributed by atoms with van der Waals surface area (Å²) < 4.78 is 11.9. The maximum absolute atomic E-state index is 6.17. The lowest BCUT2D eigenvalue weighted by molar-refractivity contribution is 0.162. The third-order valence-electron chi connectivity index (χ3n) is 2.82. The molecule has 1 aromatic carbocycles. The van der Waals surface area contributed by atoms with E-state index in [0.29, 0.717) is 6.61 Å². The van der Waals surface area contributed by atoms with E-state index in [0.717, 1.165) is 25.7 Å². The zero-order valence-electron chi connectivity index (χ0n) is 10.7. The quantitative estimate of drug-likeness (QED) is 0.783. The van der Waals surface area contributed by atoms with Crippen molar-refractivity contribution in [2.24, 2.45) is 0 Å². The molecule has 0 amide bonds. The van der Waals surface area contributed by atoms with E-state index < -0.39 is 0 Å². The predicted octanol–water partition coefficient (Wildman–Crippen LogP) is 3.99. The largest absolute Gasteiger partial charge is 0.462 e. The number of benzene rings is 1. The lowest BCUT2D eigenvalue weighted by Crippen LogP contribution is -2.17. The summed E-state index contributed by atoms with van der Waals surface area (Å²) in [5.74, 6) is 1.67. The normalized spacial score (nSPS) is 12.6. The molecule has 1 N–H and O–H groups in total. The number of nitrogens with one attached hydrogen (secondary N) is 1. The monoisotopic (exact) mass is 391 g/mol. The van der Waals surface area contributed by atoms with Crippen LogP contribution in [0.25, 0.3) is 0 Å². The second-order valence-electron chi connectivity index (χ2n) is 4.13. The van der Waals surface area contributed by atoms with Crippen LogP contribution in [0.3, 0.4) is 0 Å². The van der Waals surface area contributed by atoms with Crippen LogP contribution in [0.15, 0.2) is 34.7 Å². The molecule has 0 saturated heterocycles. The second kappa shape index (κ2) is 6.74. The lowest BCUT2D eigenvalue weighted by atomic mass is 10.1. The van der Waals surface area contributed by atoms with Crippen LogP contribution in [0.1, 0.15) is 23.1 Å². The molecule has 0 aliphatic heterocycles. The molecule has 19 heavy (non-hydrogen) atoms. The van der Waals surface area contributed by atoms with E-state index in [9.17, 15) is 0 Å². The molecule has 2 rings (SSSR count). The number of ether oxygens (including phenoxy) is 1. The predicted molar refractivity (Wildman–Crippen MR) is 84.5 cm³/mol. The molecule has 1 aromatic heterocycles. The summed E-state index contributed by atoms with van der Waals surface area (Å²) in [6, 6.07) is 9.89. The molecule has 102 valence electrons. The first-order valence-corrected chi connectivity index (χ1v) is 7.31. The molecular formula is C14H15ClINO2. The van der Waals surface area contributed by atoms with Crippen molar-refractivity contribution >= 4 is 34.2 Å². The van der Waals surface area contributed by atoms with E-state index in [4.69, 9.17) is 20.8 Å². The van der Waals surface area contributed by atoms with Crippen molar-refractivity contribution in [3.8, 4) is 0 Å². The minimum Gasteiger partial charge on any atom is -0.462 e. The van der Waals surface area contributed by atoms with Crippen LogP contribution in [0, 0.1) is 3.57 Å². The van der Waals surface area contributed by atoms with E-state index in [1.165, 1.54) is 0 Å². The van der Waals surface area contributed by atoms with Gasteiger partial charge in [0.25, 0.3) is 0 Å². The minimum atomic E-state index is -0.0138.